The lowest BCUT2D eigenvalue weighted by Crippen LogP contribution is -2.04. The minimum absolute atomic E-state index is 0.0878. The van der Waals surface area contributed by atoms with Crippen molar-refractivity contribution in [1.29, 1.82) is 0 Å². The summed E-state index contributed by atoms with van der Waals surface area (Å²) in [6.45, 7) is 3.43. The van der Waals surface area contributed by atoms with Crippen molar-refractivity contribution in [2.75, 3.05) is 12.5 Å². The number of esters is 1. The third-order valence-electron chi connectivity index (χ3n) is 0.372. The molecule has 3 heteroatoms. The molecule has 0 amide bonds. The molecule has 0 fully saturated rings. The van der Waals surface area contributed by atoms with Gasteiger partial charge in [0.25, 0.3) is 0 Å². The third kappa shape index (κ3) is 3.59. The molecule has 7 heavy (non-hydrogen) atoms. The van der Waals surface area contributed by atoms with Gasteiger partial charge in [-0.05, 0) is 6.92 Å². The molecule has 0 aliphatic rings. The van der Waals surface area contributed by atoms with Gasteiger partial charge in [0.2, 0.25) is 0 Å². The van der Waals surface area contributed by atoms with Crippen LogP contribution in [0.4, 0.5) is 0 Å². The van der Waals surface area contributed by atoms with Gasteiger partial charge in [-0.25, -0.2) is 0 Å². The van der Waals surface area contributed by atoms with Gasteiger partial charge in [-0.15, -0.1) is 11.6 Å². The van der Waals surface area contributed by atoms with Crippen LogP contribution >= 0.6 is 11.6 Å². The van der Waals surface area contributed by atoms with Gasteiger partial charge in [-0.2, -0.15) is 0 Å². The van der Waals surface area contributed by atoms with Crippen molar-refractivity contribution < 1.29 is 9.53 Å². The molecule has 0 aromatic carbocycles. The second-order valence-corrected chi connectivity index (χ2v) is 1.12. The van der Waals surface area contributed by atoms with Crippen LogP contribution < -0.4 is 0 Å². The molecule has 1 radical (unpaired) electrons. The van der Waals surface area contributed by atoms with Crippen molar-refractivity contribution in [2.45, 2.75) is 0 Å². The molecule has 0 saturated heterocycles. The Morgan fingerprint density at radius 2 is 2.43 bits per heavy atom. The highest BCUT2D eigenvalue weighted by Crippen LogP contribution is 1.79. The van der Waals surface area contributed by atoms with Crippen LogP contribution in [0, 0.1) is 6.92 Å². The lowest BCUT2D eigenvalue weighted by atomic mass is 10.8. The van der Waals surface area contributed by atoms with E-state index in [4.69, 9.17) is 11.6 Å². The normalized spacial score (nSPS) is 8.29. The van der Waals surface area contributed by atoms with E-state index < -0.39 is 5.97 Å². The van der Waals surface area contributed by atoms with E-state index >= 15 is 0 Å². The number of carbonyl (C=O) groups excluding carboxylic acids is 1. The van der Waals surface area contributed by atoms with E-state index in [1.165, 1.54) is 0 Å². The molecule has 0 atom stereocenters. The number of rotatable bonds is 2. The monoisotopic (exact) mass is 121 g/mol. The molecule has 0 aromatic heterocycles. The van der Waals surface area contributed by atoms with Crippen LogP contribution in [0.5, 0.6) is 0 Å². The number of alkyl halides is 1. The largest absolute Gasteiger partial charge is 0.465 e. The SMILES string of the molecule is [CH2]COC(=O)CCl. The predicted molar refractivity (Wildman–Crippen MR) is 27.0 cm³/mol. The molecule has 0 rings (SSSR count). The van der Waals surface area contributed by atoms with E-state index in [1.54, 1.807) is 0 Å². The quantitative estimate of drug-likeness (QED) is 0.395. The van der Waals surface area contributed by atoms with E-state index in [-0.39, 0.29) is 12.5 Å². The van der Waals surface area contributed by atoms with Crippen LogP contribution in [-0.4, -0.2) is 18.5 Å². The minimum Gasteiger partial charge on any atom is -0.465 e. The van der Waals surface area contributed by atoms with Crippen molar-refractivity contribution in [2.24, 2.45) is 0 Å². The Hall–Kier alpha value is -0.240. The average Bonchev–Trinajstić information content (AvgIpc) is 1.68. The van der Waals surface area contributed by atoms with Gasteiger partial charge in [-0.3, -0.25) is 4.79 Å². The van der Waals surface area contributed by atoms with Crippen LogP contribution in [0.3, 0.4) is 0 Å². The fourth-order valence-electron chi connectivity index (χ4n) is 0.152. The molecule has 0 aliphatic heterocycles. The van der Waals surface area contributed by atoms with Crippen molar-refractivity contribution in [3.05, 3.63) is 6.92 Å². The molecule has 0 N–H and O–H groups in total. The summed E-state index contributed by atoms with van der Waals surface area (Å²) >= 11 is 5.03. The predicted octanol–water partition coefficient (Wildman–Crippen LogP) is 0.602. The number of ether oxygens (including phenoxy) is 1. The molecule has 0 heterocycles. The Morgan fingerprint density at radius 1 is 1.86 bits per heavy atom. The number of carbonyl (C=O) groups is 1. The smallest absolute Gasteiger partial charge is 0.320 e. The topological polar surface area (TPSA) is 26.3 Å². The fourth-order valence-corrected chi connectivity index (χ4v) is 0.230. The van der Waals surface area contributed by atoms with Gasteiger partial charge in [0.15, 0.2) is 0 Å². The lowest BCUT2D eigenvalue weighted by Gasteiger charge is -1.92. The van der Waals surface area contributed by atoms with Crippen LogP contribution in [0.2, 0.25) is 0 Å². The van der Waals surface area contributed by atoms with Gasteiger partial charge in [0.1, 0.15) is 5.88 Å². The summed E-state index contributed by atoms with van der Waals surface area (Å²) in [6.07, 6.45) is 0. The second-order valence-electron chi connectivity index (χ2n) is 0.854. The number of hydrogen-bond acceptors (Lipinski definition) is 2. The first kappa shape index (κ1) is 6.76. The third-order valence-corrected chi connectivity index (χ3v) is 0.590. The highest BCUT2D eigenvalue weighted by Gasteiger charge is 1.93. The zero-order valence-electron chi connectivity index (χ0n) is 3.82. The molecule has 0 bridgehead atoms. The standard InChI is InChI=1S/C4H6ClO2/c1-2-7-4(6)3-5/h1-3H2. The Morgan fingerprint density at radius 3 is 2.57 bits per heavy atom. The van der Waals surface area contributed by atoms with Gasteiger partial charge >= 0.3 is 5.97 Å². The molecule has 0 aromatic rings. The molecular formula is C4H6ClO2. The van der Waals surface area contributed by atoms with Crippen molar-refractivity contribution in [3.8, 4) is 0 Å². The summed E-state index contributed by atoms with van der Waals surface area (Å²) in [7, 11) is 0. The zero-order chi connectivity index (χ0) is 5.70. The maximum Gasteiger partial charge on any atom is 0.320 e. The molecular weight excluding hydrogens is 115 g/mol. The molecule has 0 aliphatic carbocycles. The first-order valence-corrected chi connectivity index (χ1v) is 2.35. The molecule has 0 saturated carbocycles. The van der Waals surface area contributed by atoms with E-state index in [0.29, 0.717) is 0 Å². The number of hydrogen-bond donors (Lipinski definition) is 0. The van der Waals surface area contributed by atoms with Gasteiger partial charge in [-0.1, -0.05) is 0 Å². The highest BCUT2D eigenvalue weighted by molar-refractivity contribution is 6.26. The first-order chi connectivity index (χ1) is 3.31. The van der Waals surface area contributed by atoms with Gasteiger partial charge in [0.05, 0.1) is 6.61 Å². The fraction of sp³-hybridized carbons (Fsp3) is 0.500. The minimum atomic E-state index is -0.420. The second kappa shape index (κ2) is 3.93. The van der Waals surface area contributed by atoms with E-state index in [0.717, 1.165) is 0 Å². The van der Waals surface area contributed by atoms with Crippen LogP contribution in [0.25, 0.3) is 0 Å². The summed E-state index contributed by atoms with van der Waals surface area (Å²) in [6, 6.07) is 0. The molecule has 0 unspecified atom stereocenters. The van der Waals surface area contributed by atoms with E-state index in [2.05, 4.69) is 11.7 Å². The van der Waals surface area contributed by atoms with Crippen molar-refractivity contribution in [3.63, 3.8) is 0 Å². The summed E-state index contributed by atoms with van der Waals surface area (Å²) in [5.41, 5.74) is 0. The first-order valence-electron chi connectivity index (χ1n) is 1.82. The zero-order valence-corrected chi connectivity index (χ0v) is 4.57. The average molecular weight is 122 g/mol. The highest BCUT2D eigenvalue weighted by atomic mass is 35.5. The Kier molecular flexibility index (Phi) is 3.80. The van der Waals surface area contributed by atoms with Gasteiger partial charge < -0.3 is 4.74 Å². The van der Waals surface area contributed by atoms with Crippen molar-refractivity contribution >= 4 is 17.6 Å². The summed E-state index contributed by atoms with van der Waals surface area (Å²) in [5, 5.41) is 0. The lowest BCUT2D eigenvalue weighted by molar-refractivity contribution is -0.139. The van der Waals surface area contributed by atoms with E-state index in [1.807, 2.05) is 0 Å². The number of halogens is 1. The Balaban J connectivity index is 3.00. The van der Waals surface area contributed by atoms with Gasteiger partial charge in [0, 0.05) is 0 Å². The van der Waals surface area contributed by atoms with Crippen LogP contribution in [-0.2, 0) is 9.53 Å². The van der Waals surface area contributed by atoms with Crippen LogP contribution in [0.15, 0.2) is 0 Å². The summed E-state index contributed by atoms with van der Waals surface area (Å²) in [4.78, 5) is 10.0. The Labute approximate surface area is 47.4 Å². The summed E-state index contributed by atoms with van der Waals surface area (Å²) in [5.74, 6) is -0.508. The van der Waals surface area contributed by atoms with Crippen molar-refractivity contribution in [1.82, 2.24) is 0 Å². The molecule has 0 spiro atoms. The maximum absolute atomic E-state index is 10.0. The van der Waals surface area contributed by atoms with Crippen LogP contribution in [0.1, 0.15) is 0 Å². The summed E-state index contributed by atoms with van der Waals surface area (Å²) < 4.78 is 4.31. The Bertz CT molecular complexity index is 62.7. The molecule has 2 nitrogen and oxygen atoms in total. The molecule has 41 valence electrons. The van der Waals surface area contributed by atoms with E-state index in [9.17, 15) is 4.79 Å². The maximum atomic E-state index is 10.0.